The minimum Gasteiger partial charge on any atom is -0.443 e. The predicted molar refractivity (Wildman–Crippen MR) is 119 cm³/mol. The molecule has 1 aliphatic rings. The molecule has 0 atom stereocenters. The highest BCUT2D eigenvalue weighted by Gasteiger charge is 2.27. The van der Waals surface area contributed by atoms with Crippen LogP contribution in [0.4, 0.5) is 21.9 Å². The Labute approximate surface area is 180 Å². The molecule has 1 N–H and O–H groups in total. The molecule has 0 bridgehead atoms. The fourth-order valence-electron chi connectivity index (χ4n) is 3.33. The predicted octanol–water partition coefficient (Wildman–Crippen LogP) is 4.93. The average Bonchev–Trinajstić information content (AvgIpc) is 2.70. The van der Waals surface area contributed by atoms with Crippen molar-refractivity contribution in [3.63, 3.8) is 0 Å². The Morgan fingerprint density at radius 1 is 1.19 bits per heavy atom. The monoisotopic (exact) mass is 423 g/mol. The third kappa shape index (κ3) is 5.69. The van der Waals surface area contributed by atoms with Gasteiger partial charge < -0.3 is 10.1 Å². The van der Waals surface area contributed by atoms with E-state index in [9.17, 15) is 19.7 Å². The van der Waals surface area contributed by atoms with Crippen molar-refractivity contribution in [3.8, 4) is 0 Å². The Morgan fingerprint density at radius 2 is 1.94 bits per heavy atom. The molecule has 3 rings (SSSR count). The second-order valence-electron chi connectivity index (χ2n) is 8.22. The van der Waals surface area contributed by atoms with Gasteiger partial charge in [0.25, 0.3) is 5.69 Å². The summed E-state index contributed by atoms with van der Waals surface area (Å²) >= 11 is 0. The van der Waals surface area contributed by atoms with Gasteiger partial charge in [-0.2, -0.15) is 0 Å². The van der Waals surface area contributed by atoms with Gasteiger partial charge in [-0.1, -0.05) is 12.1 Å². The molecule has 2 aromatic carbocycles. The molecule has 1 heterocycles. The first-order valence-electron chi connectivity index (χ1n) is 10.00. The summed E-state index contributed by atoms with van der Waals surface area (Å²) in [4.78, 5) is 37.0. The van der Waals surface area contributed by atoms with Gasteiger partial charge in [0.15, 0.2) is 0 Å². The first-order chi connectivity index (χ1) is 14.6. The number of anilines is 2. The van der Waals surface area contributed by atoms with E-state index in [4.69, 9.17) is 4.74 Å². The maximum Gasteiger partial charge on any atom is 0.414 e. The van der Waals surface area contributed by atoms with Gasteiger partial charge in [0.2, 0.25) is 5.91 Å². The number of carbonyl (C=O) groups excluding carboxylic acids is 2. The minimum atomic E-state index is -0.581. The number of amides is 2. The van der Waals surface area contributed by atoms with E-state index < -0.39 is 22.5 Å². The van der Waals surface area contributed by atoms with Crippen LogP contribution in [0.5, 0.6) is 0 Å². The zero-order valence-electron chi connectivity index (χ0n) is 17.8. The molecule has 8 heteroatoms. The molecular weight excluding hydrogens is 398 g/mol. The molecule has 162 valence electrons. The fourth-order valence-corrected chi connectivity index (χ4v) is 3.33. The Balaban J connectivity index is 1.72. The number of nitro benzene ring substituents is 1. The molecule has 2 amide bonds. The topological polar surface area (TPSA) is 102 Å². The van der Waals surface area contributed by atoms with E-state index in [1.165, 1.54) is 18.2 Å². The zero-order chi connectivity index (χ0) is 22.6. The van der Waals surface area contributed by atoms with Crippen molar-refractivity contribution in [1.82, 2.24) is 0 Å². The number of fused-ring (bicyclic) bond motifs is 1. The van der Waals surface area contributed by atoms with Crippen LogP contribution >= 0.6 is 0 Å². The smallest absolute Gasteiger partial charge is 0.414 e. The summed E-state index contributed by atoms with van der Waals surface area (Å²) < 4.78 is 5.49. The van der Waals surface area contributed by atoms with E-state index in [1.54, 1.807) is 35.2 Å². The van der Waals surface area contributed by atoms with E-state index >= 15 is 0 Å². The number of para-hydroxylation sites is 1. The van der Waals surface area contributed by atoms with E-state index in [0.29, 0.717) is 17.8 Å². The molecule has 2 aromatic rings. The molecule has 8 nitrogen and oxygen atoms in total. The van der Waals surface area contributed by atoms with Crippen LogP contribution in [-0.2, 0) is 16.0 Å². The van der Waals surface area contributed by atoms with Crippen molar-refractivity contribution in [2.75, 3.05) is 16.8 Å². The second kappa shape index (κ2) is 8.99. The van der Waals surface area contributed by atoms with Crippen LogP contribution in [0.3, 0.4) is 0 Å². The standard InChI is InChI=1S/C23H25N3O5/c1-23(2,3)31-22(28)25-14-6-8-17-15-18(11-12-19(17)25)24-21(27)13-10-16-7-4-5-9-20(16)26(29)30/h4-5,7,9-13,15H,6,8,14H2,1-3H3,(H,24,27). The summed E-state index contributed by atoms with van der Waals surface area (Å²) in [5.74, 6) is -0.405. The van der Waals surface area contributed by atoms with Crippen molar-refractivity contribution in [2.45, 2.75) is 39.2 Å². The molecule has 0 aliphatic carbocycles. The van der Waals surface area contributed by atoms with E-state index in [0.717, 1.165) is 24.1 Å². The highest BCUT2D eigenvalue weighted by Crippen LogP contribution is 2.31. The number of hydrogen-bond acceptors (Lipinski definition) is 5. The fraction of sp³-hybridized carbons (Fsp3) is 0.304. The summed E-state index contributed by atoms with van der Waals surface area (Å²) in [7, 11) is 0. The Kier molecular flexibility index (Phi) is 6.39. The van der Waals surface area contributed by atoms with Crippen molar-refractivity contribution >= 4 is 35.1 Å². The number of benzene rings is 2. The lowest BCUT2D eigenvalue weighted by Crippen LogP contribution is -2.39. The Morgan fingerprint density at radius 3 is 2.65 bits per heavy atom. The Bertz CT molecular complexity index is 1040. The number of nitrogens with one attached hydrogen (secondary N) is 1. The van der Waals surface area contributed by atoms with Crippen molar-refractivity contribution in [2.24, 2.45) is 0 Å². The number of rotatable bonds is 4. The normalized spacial score (nSPS) is 13.6. The number of carbonyl (C=O) groups is 2. The maximum atomic E-state index is 12.5. The highest BCUT2D eigenvalue weighted by atomic mass is 16.6. The van der Waals surface area contributed by atoms with Crippen LogP contribution in [0, 0.1) is 10.1 Å². The van der Waals surface area contributed by atoms with Gasteiger partial charge in [-0.25, -0.2) is 4.79 Å². The van der Waals surface area contributed by atoms with Crippen LogP contribution in [0.1, 0.15) is 38.3 Å². The minimum absolute atomic E-state index is 0.0671. The van der Waals surface area contributed by atoms with Crippen molar-refractivity contribution in [1.29, 1.82) is 0 Å². The molecule has 1 aliphatic heterocycles. The van der Waals surface area contributed by atoms with Crippen molar-refractivity contribution < 1.29 is 19.2 Å². The number of nitrogens with zero attached hydrogens (tertiary/aromatic N) is 2. The summed E-state index contributed by atoms with van der Waals surface area (Å²) in [6.45, 7) is 6.05. The molecule has 0 saturated heterocycles. The lowest BCUT2D eigenvalue weighted by Gasteiger charge is -2.32. The summed E-state index contributed by atoms with van der Waals surface area (Å²) in [6.07, 6.45) is 3.86. The number of aryl methyl sites for hydroxylation is 1. The van der Waals surface area contributed by atoms with E-state index in [1.807, 2.05) is 26.8 Å². The number of ether oxygens (including phenoxy) is 1. The highest BCUT2D eigenvalue weighted by molar-refractivity contribution is 6.02. The maximum absolute atomic E-state index is 12.5. The molecular formula is C23H25N3O5. The molecule has 0 saturated carbocycles. The van der Waals surface area contributed by atoms with Gasteiger partial charge >= 0.3 is 6.09 Å². The van der Waals surface area contributed by atoms with Gasteiger partial charge in [0, 0.05) is 24.4 Å². The number of hydrogen-bond donors (Lipinski definition) is 1. The first-order valence-corrected chi connectivity index (χ1v) is 10.00. The third-order valence-corrected chi connectivity index (χ3v) is 4.63. The van der Waals surface area contributed by atoms with Gasteiger partial charge in [0.1, 0.15) is 5.60 Å². The van der Waals surface area contributed by atoms with Crippen molar-refractivity contribution in [3.05, 3.63) is 69.8 Å². The summed E-state index contributed by atoms with van der Waals surface area (Å²) in [5, 5.41) is 13.8. The van der Waals surface area contributed by atoms with E-state index in [2.05, 4.69) is 5.32 Å². The number of nitro groups is 1. The van der Waals surface area contributed by atoms with Crippen LogP contribution in [0.15, 0.2) is 48.5 Å². The van der Waals surface area contributed by atoms with Gasteiger partial charge in [0.05, 0.1) is 16.2 Å². The summed E-state index contributed by atoms with van der Waals surface area (Å²) in [5.41, 5.74) is 2.00. The molecule has 0 unspecified atom stereocenters. The van der Waals surface area contributed by atoms with Crippen LogP contribution in [-0.4, -0.2) is 29.1 Å². The van der Waals surface area contributed by atoms with Gasteiger partial charge in [-0.3, -0.25) is 19.8 Å². The van der Waals surface area contributed by atoms with Crippen LogP contribution in [0.25, 0.3) is 6.08 Å². The van der Waals surface area contributed by atoms with Crippen LogP contribution in [0.2, 0.25) is 0 Å². The molecule has 0 aromatic heterocycles. The summed E-state index contributed by atoms with van der Waals surface area (Å²) in [6, 6.07) is 11.6. The second-order valence-corrected chi connectivity index (χ2v) is 8.22. The molecule has 0 fully saturated rings. The lowest BCUT2D eigenvalue weighted by molar-refractivity contribution is -0.385. The van der Waals surface area contributed by atoms with Crippen LogP contribution < -0.4 is 10.2 Å². The molecule has 0 spiro atoms. The molecule has 0 radical (unpaired) electrons. The van der Waals surface area contributed by atoms with Gasteiger partial charge in [-0.15, -0.1) is 0 Å². The largest absolute Gasteiger partial charge is 0.443 e. The Hall–Kier alpha value is -3.68. The van der Waals surface area contributed by atoms with E-state index in [-0.39, 0.29) is 5.69 Å². The average molecular weight is 423 g/mol. The first kappa shape index (κ1) is 22.0. The van der Waals surface area contributed by atoms with Gasteiger partial charge in [-0.05, 0) is 69.5 Å². The zero-order valence-corrected chi connectivity index (χ0v) is 17.8. The third-order valence-electron chi connectivity index (χ3n) is 4.63. The SMILES string of the molecule is CC(C)(C)OC(=O)N1CCCc2cc(NC(=O)C=Cc3ccccc3[N+](=O)[O-])ccc21. The quantitative estimate of drug-likeness (QED) is 0.427. The lowest BCUT2D eigenvalue weighted by atomic mass is 10.0. The molecule has 31 heavy (non-hydrogen) atoms.